The van der Waals surface area contributed by atoms with E-state index >= 15 is 0 Å². The Kier molecular flexibility index (Phi) is 4.40. The monoisotopic (exact) mass is 416 g/mol. The Morgan fingerprint density at radius 2 is 1.87 bits per heavy atom. The highest BCUT2D eigenvalue weighted by Gasteiger charge is 2.18. The average molecular weight is 416 g/mol. The number of fused-ring (bicyclic) bond motifs is 1. The van der Waals surface area contributed by atoms with Gasteiger partial charge >= 0.3 is 5.69 Å². The molecule has 0 unspecified atom stereocenters. The van der Waals surface area contributed by atoms with Gasteiger partial charge in [-0.15, -0.1) is 11.3 Å². The number of nitrogens with zero attached hydrogens (tertiary/aromatic N) is 4. The average Bonchev–Trinajstić information content (AvgIpc) is 3.42. The minimum Gasteiger partial charge on any atom is -0.337 e. The molecule has 0 atom stereocenters. The topological polar surface area (TPSA) is 82.9 Å². The Morgan fingerprint density at radius 1 is 1.03 bits per heavy atom. The minimum atomic E-state index is -0.451. The molecule has 0 saturated heterocycles. The Morgan fingerprint density at radius 3 is 2.67 bits per heavy atom. The molecule has 0 saturated carbocycles. The van der Waals surface area contributed by atoms with E-state index in [4.69, 9.17) is 4.52 Å². The molecule has 3 aromatic heterocycles. The van der Waals surface area contributed by atoms with Crippen molar-refractivity contribution < 1.29 is 4.52 Å². The summed E-state index contributed by atoms with van der Waals surface area (Å²) in [6.07, 6.45) is 0. The molecule has 0 spiro atoms. The molecule has 0 aliphatic carbocycles. The van der Waals surface area contributed by atoms with E-state index in [0.29, 0.717) is 27.6 Å². The summed E-state index contributed by atoms with van der Waals surface area (Å²) in [6.45, 7) is 2.06. The lowest BCUT2D eigenvalue weighted by molar-refractivity contribution is 0.370. The highest BCUT2D eigenvalue weighted by atomic mass is 32.1. The first-order chi connectivity index (χ1) is 14.6. The molecule has 0 radical (unpaired) electrons. The van der Waals surface area contributed by atoms with E-state index in [1.54, 1.807) is 35.7 Å². The van der Waals surface area contributed by atoms with E-state index in [2.05, 4.69) is 10.1 Å². The molecular formula is C22H16N4O3S. The van der Waals surface area contributed by atoms with Crippen LogP contribution in [0.4, 0.5) is 0 Å². The first-order valence-corrected chi connectivity index (χ1v) is 10.2. The van der Waals surface area contributed by atoms with Crippen LogP contribution in [0.5, 0.6) is 0 Å². The summed E-state index contributed by atoms with van der Waals surface area (Å²) in [7, 11) is 0. The van der Waals surface area contributed by atoms with Gasteiger partial charge in [0.25, 0.3) is 5.56 Å². The Bertz CT molecular complexity index is 1480. The summed E-state index contributed by atoms with van der Waals surface area (Å²) in [5.74, 6) is 0.749. The van der Waals surface area contributed by atoms with E-state index in [9.17, 15) is 9.59 Å². The lowest BCUT2D eigenvalue weighted by atomic mass is 10.1. The third kappa shape index (κ3) is 3.07. The Hall–Kier alpha value is -3.78. The maximum absolute atomic E-state index is 13.3. The molecule has 5 aromatic rings. The van der Waals surface area contributed by atoms with Crippen LogP contribution in [0.1, 0.15) is 11.5 Å². The van der Waals surface area contributed by atoms with Gasteiger partial charge in [0.1, 0.15) is 11.2 Å². The normalized spacial score (nSPS) is 11.2. The van der Waals surface area contributed by atoms with Crippen molar-refractivity contribution in [2.75, 3.05) is 0 Å². The molecule has 0 N–H and O–H groups in total. The highest BCUT2D eigenvalue weighted by molar-refractivity contribution is 7.17. The zero-order valence-corrected chi connectivity index (χ0v) is 16.8. The molecule has 30 heavy (non-hydrogen) atoms. The molecule has 0 aliphatic rings. The van der Waals surface area contributed by atoms with Crippen LogP contribution in [-0.4, -0.2) is 19.3 Å². The van der Waals surface area contributed by atoms with Crippen LogP contribution < -0.4 is 11.2 Å². The Balaban J connectivity index is 1.63. The van der Waals surface area contributed by atoms with Gasteiger partial charge in [-0.25, -0.2) is 9.36 Å². The van der Waals surface area contributed by atoms with Crippen LogP contribution in [0, 0.1) is 6.92 Å². The van der Waals surface area contributed by atoms with Crippen molar-refractivity contribution in [2.24, 2.45) is 0 Å². The molecule has 7 nitrogen and oxygen atoms in total. The number of hydrogen-bond acceptors (Lipinski definition) is 6. The van der Waals surface area contributed by atoms with Crippen molar-refractivity contribution in [3.63, 3.8) is 0 Å². The van der Waals surface area contributed by atoms with Crippen LogP contribution in [-0.2, 0) is 6.54 Å². The molecule has 0 aliphatic heterocycles. The van der Waals surface area contributed by atoms with Crippen molar-refractivity contribution in [2.45, 2.75) is 13.5 Å². The number of aryl methyl sites for hydroxylation is 1. The van der Waals surface area contributed by atoms with Gasteiger partial charge < -0.3 is 4.52 Å². The van der Waals surface area contributed by atoms with Gasteiger partial charge in [0, 0.05) is 5.56 Å². The standard InChI is InChI=1S/C22H16N4O3S/c1-14-6-5-7-15(12-14)20-23-18(29-24-20)13-25-17-10-11-30-19(17)21(27)26(22(25)28)16-8-3-2-4-9-16/h2-12H,13H2,1H3. The van der Waals surface area contributed by atoms with Crippen molar-refractivity contribution in [3.05, 3.63) is 98.3 Å². The molecule has 0 fully saturated rings. The zero-order chi connectivity index (χ0) is 20.7. The maximum atomic E-state index is 13.3. The summed E-state index contributed by atoms with van der Waals surface area (Å²) in [6, 6.07) is 18.4. The second-order valence-corrected chi connectivity index (χ2v) is 7.78. The lowest BCUT2D eigenvalue weighted by Crippen LogP contribution is -2.38. The number of hydrogen-bond donors (Lipinski definition) is 0. The van der Waals surface area contributed by atoms with Crippen LogP contribution >= 0.6 is 11.3 Å². The third-order valence-corrected chi connectivity index (χ3v) is 5.70. The first kappa shape index (κ1) is 18.3. The maximum Gasteiger partial charge on any atom is 0.336 e. The predicted octanol–water partition coefficient (Wildman–Crippen LogP) is 3.62. The smallest absolute Gasteiger partial charge is 0.336 e. The molecule has 3 heterocycles. The van der Waals surface area contributed by atoms with Crippen LogP contribution in [0.3, 0.4) is 0 Å². The number of thiophene rings is 1. The molecule has 8 heteroatoms. The molecule has 148 valence electrons. The largest absolute Gasteiger partial charge is 0.337 e. The van der Waals surface area contributed by atoms with Crippen molar-refractivity contribution >= 4 is 21.6 Å². The van der Waals surface area contributed by atoms with Gasteiger partial charge in [0.15, 0.2) is 0 Å². The molecule has 0 amide bonds. The second kappa shape index (κ2) is 7.23. The summed E-state index contributed by atoms with van der Waals surface area (Å²) >= 11 is 1.30. The van der Waals surface area contributed by atoms with Crippen molar-refractivity contribution in [3.8, 4) is 17.1 Å². The summed E-state index contributed by atoms with van der Waals surface area (Å²) in [5, 5.41) is 5.85. The van der Waals surface area contributed by atoms with Crippen LogP contribution in [0.15, 0.2) is 80.2 Å². The summed E-state index contributed by atoms with van der Waals surface area (Å²) < 4.78 is 8.58. The van der Waals surface area contributed by atoms with Gasteiger partial charge in [0.2, 0.25) is 11.7 Å². The molecule has 2 aromatic carbocycles. The van der Waals surface area contributed by atoms with Gasteiger partial charge in [-0.2, -0.15) is 4.98 Å². The quantitative estimate of drug-likeness (QED) is 0.447. The summed E-state index contributed by atoms with van der Waals surface area (Å²) in [4.78, 5) is 30.7. The van der Waals surface area contributed by atoms with E-state index in [1.165, 1.54) is 20.5 Å². The summed E-state index contributed by atoms with van der Waals surface area (Å²) in [5.41, 5.74) is 2.21. The molecule has 0 bridgehead atoms. The number of rotatable bonds is 4. The van der Waals surface area contributed by atoms with Gasteiger partial charge in [-0.1, -0.05) is 47.1 Å². The SMILES string of the molecule is Cc1cccc(-c2noc(Cn3c(=O)n(-c4ccccc4)c(=O)c4sccc43)n2)c1. The van der Waals surface area contributed by atoms with Crippen LogP contribution in [0.2, 0.25) is 0 Å². The molecular weight excluding hydrogens is 400 g/mol. The number of benzene rings is 2. The van der Waals surface area contributed by atoms with E-state index in [-0.39, 0.29) is 12.1 Å². The second-order valence-electron chi connectivity index (χ2n) is 6.86. The fraction of sp³-hybridized carbons (Fsp3) is 0.0909. The van der Waals surface area contributed by atoms with E-state index in [0.717, 1.165) is 11.1 Å². The minimum absolute atomic E-state index is 0.0675. The highest BCUT2D eigenvalue weighted by Crippen LogP contribution is 2.20. The predicted molar refractivity (Wildman–Crippen MR) is 115 cm³/mol. The van der Waals surface area contributed by atoms with E-state index < -0.39 is 5.69 Å². The fourth-order valence-corrected chi connectivity index (χ4v) is 4.22. The molecule has 5 rings (SSSR count). The van der Waals surface area contributed by atoms with E-state index in [1.807, 2.05) is 37.3 Å². The zero-order valence-electron chi connectivity index (χ0n) is 16.0. The fourth-order valence-electron chi connectivity index (χ4n) is 3.40. The van der Waals surface area contributed by atoms with Gasteiger partial charge in [0.05, 0.1) is 11.2 Å². The first-order valence-electron chi connectivity index (χ1n) is 9.30. The van der Waals surface area contributed by atoms with Crippen molar-refractivity contribution in [1.82, 2.24) is 19.3 Å². The van der Waals surface area contributed by atoms with Crippen LogP contribution in [0.25, 0.3) is 27.3 Å². The third-order valence-electron chi connectivity index (χ3n) is 4.81. The Labute approximate surface area is 174 Å². The van der Waals surface area contributed by atoms with Gasteiger partial charge in [-0.3, -0.25) is 9.36 Å². The van der Waals surface area contributed by atoms with Gasteiger partial charge in [-0.05, 0) is 36.6 Å². The number of aromatic nitrogens is 4. The lowest BCUT2D eigenvalue weighted by Gasteiger charge is -2.10. The van der Waals surface area contributed by atoms with Crippen molar-refractivity contribution in [1.29, 1.82) is 0 Å². The number of para-hydroxylation sites is 1.